The molecule has 2 N–H and O–H groups in total. The normalized spacial score (nSPS) is 14.9. The van der Waals surface area contributed by atoms with Crippen LogP contribution in [-0.2, 0) is 20.7 Å². The van der Waals surface area contributed by atoms with E-state index in [1.54, 1.807) is 26.0 Å². The number of esters is 1. The highest BCUT2D eigenvalue weighted by atomic mass is 16.5. The van der Waals surface area contributed by atoms with Crippen molar-refractivity contribution in [2.45, 2.75) is 39.2 Å². The number of fused-ring (bicyclic) bond motifs is 1. The Morgan fingerprint density at radius 2 is 2.15 bits per heavy atom. The number of nitrogens with two attached hydrogens (primary N) is 1. The number of carbonyl (C=O) groups is 2. The molecule has 1 aliphatic heterocycles. The van der Waals surface area contributed by atoms with E-state index in [4.69, 9.17) is 10.5 Å². The first kappa shape index (κ1) is 14.4. The summed E-state index contributed by atoms with van der Waals surface area (Å²) in [5.41, 5.74) is 8.23. The van der Waals surface area contributed by atoms with Crippen LogP contribution in [0.1, 0.15) is 32.3 Å². The van der Waals surface area contributed by atoms with Crippen LogP contribution < -0.4 is 10.6 Å². The first-order chi connectivity index (χ1) is 9.47. The van der Waals surface area contributed by atoms with Gasteiger partial charge in [0.1, 0.15) is 6.54 Å². The third kappa shape index (κ3) is 3.29. The van der Waals surface area contributed by atoms with Crippen LogP contribution in [0, 0.1) is 0 Å². The van der Waals surface area contributed by atoms with Crippen molar-refractivity contribution >= 4 is 23.3 Å². The number of hydrogen-bond donors (Lipinski definition) is 1. The minimum absolute atomic E-state index is 0.0470. The molecule has 5 heteroatoms. The minimum atomic E-state index is -0.391. The van der Waals surface area contributed by atoms with Gasteiger partial charge in [0, 0.05) is 17.8 Å². The Morgan fingerprint density at radius 3 is 2.85 bits per heavy atom. The third-order valence-corrected chi connectivity index (χ3v) is 3.19. The van der Waals surface area contributed by atoms with Gasteiger partial charge in [-0.1, -0.05) is 0 Å². The van der Waals surface area contributed by atoms with Crippen LogP contribution in [0.2, 0.25) is 0 Å². The van der Waals surface area contributed by atoms with Gasteiger partial charge in [0.25, 0.3) is 0 Å². The zero-order chi connectivity index (χ0) is 14.7. The second kappa shape index (κ2) is 5.94. The molecule has 1 aromatic carbocycles. The smallest absolute Gasteiger partial charge is 0.326 e. The standard InChI is InChI=1S/C15H20N2O3/c1-10(2)20-15(19)9-17-13-7-6-12(16)8-11(13)4-3-5-14(17)18/h6-8,10H,3-5,9,16H2,1-2H3. The molecule has 0 aromatic heterocycles. The van der Waals surface area contributed by atoms with Gasteiger partial charge in [0.05, 0.1) is 6.10 Å². The van der Waals surface area contributed by atoms with Crippen molar-refractivity contribution in [1.29, 1.82) is 0 Å². The molecular formula is C15H20N2O3. The zero-order valence-electron chi connectivity index (χ0n) is 11.9. The quantitative estimate of drug-likeness (QED) is 0.676. The van der Waals surface area contributed by atoms with Crippen LogP contribution in [0.15, 0.2) is 18.2 Å². The van der Waals surface area contributed by atoms with Crippen molar-refractivity contribution in [1.82, 2.24) is 0 Å². The predicted octanol–water partition coefficient (Wildman–Crippen LogP) is 1.89. The molecule has 0 radical (unpaired) electrons. The Hall–Kier alpha value is -2.04. The lowest BCUT2D eigenvalue weighted by atomic mass is 10.1. The molecule has 1 amide bonds. The highest BCUT2D eigenvalue weighted by Gasteiger charge is 2.25. The van der Waals surface area contributed by atoms with E-state index < -0.39 is 5.97 Å². The molecule has 0 spiro atoms. The van der Waals surface area contributed by atoms with Crippen molar-refractivity contribution in [2.75, 3.05) is 17.2 Å². The van der Waals surface area contributed by atoms with Gasteiger partial charge in [-0.15, -0.1) is 0 Å². The molecule has 0 fully saturated rings. The molecule has 0 saturated heterocycles. The molecule has 0 unspecified atom stereocenters. The first-order valence-electron chi connectivity index (χ1n) is 6.85. The second-order valence-corrected chi connectivity index (χ2v) is 5.26. The van der Waals surface area contributed by atoms with Gasteiger partial charge in [0.15, 0.2) is 0 Å². The van der Waals surface area contributed by atoms with Crippen LogP contribution in [0.4, 0.5) is 11.4 Å². The summed E-state index contributed by atoms with van der Waals surface area (Å²) in [5, 5.41) is 0. The number of rotatable bonds is 3. The van der Waals surface area contributed by atoms with Gasteiger partial charge in [-0.05, 0) is 50.5 Å². The Bertz CT molecular complexity index is 526. The summed E-state index contributed by atoms with van der Waals surface area (Å²) >= 11 is 0. The molecule has 2 rings (SSSR count). The summed E-state index contributed by atoms with van der Waals surface area (Å²) in [4.78, 5) is 25.5. The number of nitrogen functional groups attached to an aromatic ring is 1. The van der Waals surface area contributed by atoms with Crippen LogP contribution in [0.5, 0.6) is 0 Å². The number of benzene rings is 1. The maximum absolute atomic E-state index is 12.2. The van der Waals surface area contributed by atoms with Crippen LogP contribution in [-0.4, -0.2) is 24.5 Å². The van der Waals surface area contributed by atoms with Gasteiger partial charge >= 0.3 is 5.97 Å². The van der Waals surface area contributed by atoms with E-state index in [-0.39, 0.29) is 18.6 Å². The number of ether oxygens (including phenoxy) is 1. The van der Waals surface area contributed by atoms with Gasteiger partial charge in [-0.3, -0.25) is 9.59 Å². The molecule has 5 nitrogen and oxygen atoms in total. The molecular weight excluding hydrogens is 256 g/mol. The first-order valence-corrected chi connectivity index (χ1v) is 6.85. The second-order valence-electron chi connectivity index (χ2n) is 5.26. The maximum atomic E-state index is 12.2. The average molecular weight is 276 g/mol. The zero-order valence-corrected chi connectivity index (χ0v) is 11.9. The largest absolute Gasteiger partial charge is 0.462 e. The molecule has 1 aromatic rings. The predicted molar refractivity (Wildman–Crippen MR) is 77.4 cm³/mol. The van der Waals surface area contributed by atoms with Crippen molar-refractivity contribution in [2.24, 2.45) is 0 Å². The van der Waals surface area contributed by atoms with Crippen LogP contribution in [0.3, 0.4) is 0 Å². The highest BCUT2D eigenvalue weighted by Crippen LogP contribution is 2.28. The van der Waals surface area contributed by atoms with Crippen molar-refractivity contribution in [3.05, 3.63) is 23.8 Å². The summed E-state index contributed by atoms with van der Waals surface area (Å²) in [7, 11) is 0. The Morgan fingerprint density at radius 1 is 1.40 bits per heavy atom. The van der Waals surface area contributed by atoms with Crippen LogP contribution in [0.25, 0.3) is 0 Å². The summed E-state index contributed by atoms with van der Waals surface area (Å²) in [6.45, 7) is 3.53. The Balaban J connectivity index is 2.26. The number of anilines is 2. The van der Waals surface area contributed by atoms with Crippen molar-refractivity contribution in [3.63, 3.8) is 0 Å². The summed E-state index contributed by atoms with van der Waals surface area (Å²) in [6, 6.07) is 5.42. The monoisotopic (exact) mass is 276 g/mol. The number of amides is 1. The summed E-state index contributed by atoms with van der Waals surface area (Å²) in [5.74, 6) is -0.438. The van der Waals surface area contributed by atoms with E-state index in [9.17, 15) is 9.59 Å². The van der Waals surface area contributed by atoms with Gasteiger partial charge in [-0.25, -0.2) is 0 Å². The van der Waals surface area contributed by atoms with E-state index in [2.05, 4.69) is 0 Å². The van der Waals surface area contributed by atoms with Gasteiger partial charge < -0.3 is 15.4 Å². The van der Waals surface area contributed by atoms with E-state index in [1.165, 1.54) is 4.90 Å². The van der Waals surface area contributed by atoms with Gasteiger partial charge in [0.2, 0.25) is 5.91 Å². The molecule has 1 aliphatic rings. The van der Waals surface area contributed by atoms with E-state index >= 15 is 0 Å². The topological polar surface area (TPSA) is 72.6 Å². The van der Waals surface area contributed by atoms with Gasteiger partial charge in [-0.2, -0.15) is 0 Å². The van der Waals surface area contributed by atoms with Crippen molar-refractivity contribution < 1.29 is 14.3 Å². The number of carbonyl (C=O) groups excluding carboxylic acids is 2. The molecule has 0 atom stereocenters. The lowest BCUT2D eigenvalue weighted by Gasteiger charge is -2.22. The number of hydrogen-bond acceptors (Lipinski definition) is 4. The fourth-order valence-corrected chi connectivity index (χ4v) is 2.37. The number of nitrogens with zero attached hydrogens (tertiary/aromatic N) is 1. The van der Waals surface area contributed by atoms with Crippen LogP contribution >= 0.6 is 0 Å². The molecule has 1 heterocycles. The van der Waals surface area contributed by atoms with E-state index in [0.717, 1.165) is 24.1 Å². The Kier molecular flexibility index (Phi) is 4.27. The SMILES string of the molecule is CC(C)OC(=O)CN1C(=O)CCCc2cc(N)ccc21. The highest BCUT2D eigenvalue weighted by molar-refractivity contribution is 5.99. The molecule has 0 bridgehead atoms. The third-order valence-electron chi connectivity index (χ3n) is 3.19. The molecule has 20 heavy (non-hydrogen) atoms. The lowest BCUT2D eigenvalue weighted by Crippen LogP contribution is -2.36. The summed E-state index contributed by atoms with van der Waals surface area (Å²) < 4.78 is 5.12. The van der Waals surface area contributed by atoms with Crippen molar-refractivity contribution in [3.8, 4) is 0 Å². The molecule has 108 valence electrons. The average Bonchev–Trinajstić information content (AvgIpc) is 2.49. The lowest BCUT2D eigenvalue weighted by molar-refractivity contribution is -0.146. The maximum Gasteiger partial charge on any atom is 0.326 e. The fraction of sp³-hybridized carbons (Fsp3) is 0.467. The summed E-state index contributed by atoms with van der Waals surface area (Å²) in [6.07, 6.45) is 1.81. The fourth-order valence-electron chi connectivity index (χ4n) is 2.37. The minimum Gasteiger partial charge on any atom is -0.462 e. The van der Waals surface area contributed by atoms with E-state index in [1.807, 2.05) is 6.07 Å². The molecule has 0 aliphatic carbocycles. The Labute approximate surface area is 118 Å². The number of aryl methyl sites for hydroxylation is 1. The van der Waals surface area contributed by atoms with E-state index in [0.29, 0.717) is 12.1 Å². The molecule has 0 saturated carbocycles.